The number of ether oxygens (including phenoxy) is 1. The third-order valence-corrected chi connectivity index (χ3v) is 4.30. The minimum absolute atomic E-state index is 0.108. The van der Waals surface area contributed by atoms with Crippen LogP contribution in [0.1, 0.15) is 51.9 Å². The summed E-state index contributed by atoms with van der Waals surface area (Å²) in [7, 11) is 0. The molecule has 1 aromatic heterocycles. The molecule has 1 aliphatic carbocycles. The number of carbonyl (C=O) groups is 1. The van der Waals surface area contributed by atoms with Gasteiger partial charge in [-0.3, -0.25) is 4.57 Å². The number of nitrogens with one attached hydrogen (secondary N) is 1. The molecule has 2 aliphatic rings. The summed E-state index contributed by atoms with van der Waals surface area (Å²) in [5.74, 6) is 1.17. The van der Waals surface area contributed by atoms with Crippen LogP contribution < -0.4 is 5.69 Å². The zero-order valence-electron chi connectivity index (χ0n) is 13.5. The fourth-order valence-corrected chi connectivity index (χ4v) is 2.94. The molecule has 2 heterocycles. The highest BCUT2D eigenvalue weighted by molar-refractivity contribution is 5.69. The Labute approximate surface area is 129 Å². The smallest absolute Gasteiger partial charge is 0.410 e. The lowest BCUT2D eigenvalue weighted by molar-refractivity contribution is -0.00135. The van der Waals surface area contributed by atoms with Gasteiger partial charge in [0.1, 0.15) is 11.4 Å². The van der Waals surface area contributed by atoms with Crippen LogP contribution >= 0.6 is 0 Å². The van der Waals surface area contributed by atoms with Gasteiger partial charge in [0, 0.05) is 31.5 Å². The second kappa shape index (κ2) is 5.44. The monoisotopic (exact) mass is 308 g/mol. The molecule has 0 radical (unpaired) electrons. The minimum atomic E-state index is -0.463. The molecule has 3 rings (SSSR count). The van der Waals surface area contributed by atoms with Gasteiger partial charge < -0.3 is 9.64 Å². The summed E-state index contributed by atoms with van der Waals surface area (Å²) in [5.41, 5.74) is -0.572. The fraction of sp³-hybridized carbons (Fsp3) is 0.800. The predicted octanol–water partition coefficient (Wildman–Crippen LogP) is 1.71. The van der Waals surface area contributed by atoms with Crippen LogP contribution in [-0.4, -0.2) is 44.4 Å². The Morgan fingerprint density at radius 2 is 2.05 bits per heavy atom. The summed E-state index contributed by atoms with van der Waals surface area (Å²) in [6.07, 6.45) is 3.76. The molecule has 0 bridgehead atoms. The van der Waals surface area contributed by atoms with Crippen molar-refractivity contribution in [2.45, 2.75) is 58.1 Å². The van der Waals surface area contributed by atoms with Crippen molar-refractivity contribution in [3.8, 4) is 0 Å². The van der Waals surface area contributed by atoms with E-state index in [0.29, 0.717) is 25.0 Å². The van der Waals surface area contributed by atoms with Crippen molar-refractivity contribution in [2.24, 2.45) is 5.92 Å². The first kappa shape index (κ1) is 15.1. The predicted molar refractivity (Wildman–Crippen MR) is 80.7 cm³/mol. The summed E-state index contributed by atoms with van der Waals surface area (Å²) < 4.78 is 7.15. The average Bonchev–Trinajstić information content (AvgIpc) is 2.61. The molecule has 0 spiro atoms. The van der Waals surface area contributed by atoms with Gasteiger partial charge in [0.15, 0.2) is 0 Å². The molecule has 2 fully saturated rings. The molecule has 1 saturated heterocycles. The first-order valence-corrected chi connectivity index (χ1v) is 7.97. The molecule has 1 amide bonds. The van der Waals surface area contributed by atoms with Crippen LogP contribution in [0, 0.1) is 5.92 Å². The van der Waals surface area contributed by atoms with Crippen LogP contribution in [0.25, 0.3) is 0 Å². The number of aromatic nitrogens is 3. The van der Waals surface area contributed by atoms with Gasteiger partial charge >= 0.3 is 11.8 Å². The van der Waals surface area contributed by atoms with E-state index in [9.17, 15) is 9.59 Å². The van der Waals surface area contributed by atoms with Gasteiger partial charge in [-0.2, -0.15) is 5.10 Å². The third-order valence-electron chi connectivity index (χ3n) is 4.30. The van der Waals surface area contributed by atoms with Gasteiger partial charge in [0.2, 0.25) is 0 Å². The zero-order chi connectivity index (χ0) is 15.9. The summed E-state index contributed by atoms with van der Waals surface area (Å²) in [5, 5.41) is 6.72. The molecule has 122 valence electrons. The number of nitrogens with zero attached hydrogens (tertiary/aromatic N) is 3. The third kappa shape index (κ3) is 3.03. The van der Waals surface area contributed by atoms with Gasteiger partial charge in [0.25, 0.3) is 0 Å². The number of hydrogen-bond donors (Lipinski definition) is 1. The molecule has 0 aromatic carbocycles. The van der Waals surface area contributed by atoms with Crippen LogP contribution in [0.3, 0.4) is 0 Å². The number of H-pyrrole nitrogens is 1. The number of amides is 1. The van der Waals surface area contributed by atoms with Gasteiger partial charge in [-0.25, -0.2) is 14.7 Å². The molecule has 7 heteroatoms. The molecule has 0 atom stereocenters. The normalized spacial score (nSPS) is 19.7. The van der Waals surface area contributed by atoms with Crippen molar-refractivity contribution in [1.82, 2.24) is 19.7 Å². The van der Waals surface area contributed by atoms with Crippen molar-refractivity contribution in [3.63, 3.8) is 0 Å². The highest BCUT2D eigenvalue weighted by atomic mass is 16.6. The van der Waals surface area contributed by atoms with E-state index in [0.717, 1.165) is 25.1 Å². The summed E-state index contributed by atoms with van der Waals surface area (Å²) in [6, 6.07) is 0.309. The number of carbonyl (C=O) groups excluding carboxylic acids is 1. The maximum Gasteiger partial charge on any atom is 0.410 e. The number of hydrogen-bond acceptors (Lipinski definition) is 4. The second-order valence-electron chi connectivity index (χ2n) is 7.36. The highest BCUT2D eigenvalue weighted by Crippen LogP contribution is 2.32. The molecule has 1 aromatic rings. The Bertz CT molecular complexity index is 603. The lowest BCUT2D eigenvalue weighted by Crippen LogP contribution is -2.52. The van der Waals surface area contributed by atoms with Crippen molar-refractivity contribution in [1.29, 1.82) is 0 Å². The quantitative estimate of drug-likeness (QED) is 0.921. The maximum absolute atomic E-state index is 11.9. The number of likely N-dealkylation sites (tertiary alicyclic amines) is 1. The van der Waals surface area contributed by atoms with Crippen LogP contribution in [0.4, 0.5) is 4.79 Å². The zero-order valence-corrected chi connectivity index (χ0v) is 13.5. The largest absolute Gasteiger partial charge is 0.444 e. The van der Waals surface area contributed by atoms with Gasteiger partial charge in [-0.1, -0.05) is 0 Å². The van der Waals surface area contributed by atoms with E-state index in [1.54, 1.807) is 9.47 Å². The first-order valence-electron chi connectivity index (χ1n) is 7.97. The SMILES string of the molecule is CC(C)(C)OC(=O)N1CC(Cc2n[nH]c(=O)n2C2CCC2)C1. The molecule has 1 aliphatic heterocycles. The molecular formula is C15H24N4O3. The van der Waals surface area contributed by atoms with E-state index in [1.807, 2.05) is 20.8 Å². The van der Waals surface area contributed by atoms with Gasteiger partial charge in [0.05, 0.1) is 0 Å². The molecule has 1 saturated carbocycles. The van der Waals surface area contributed by atoms with E-state index >= 15 is 0 Å². The van der Waals surface area contributed by atoms with E-state index in [1.165, 1.54) is 6.42 Å². The molecular weight excluding hydrogens is 284 g/mol. The molecule has 1 N–H and O–H groups in total. The van der Waals surface area contributed by atoms with Crippen molar-refractivity contribution in [2.75, 3.05) is 13.1 Å². The molecule has 0 unspecified atom stereocenters. The molecule has 7 nitrogen and oxygen atoms in total. The van der Waals surface area contributed by atoms with E-state index in [4.69, 9.17) is 4.74 Å². The fourth-order valence-electron chi connectivity index (χ4n) is 2.94. The lowest BCUT2D eigenvalue weighted by Gasteiger charge is -2.40. The number of rotatable bonds is 3. The highest BCUT2D eigenvalue weighted by Gasteiger charge is 2.35. The Morgan fingerprint density at radius 3 is 2.59 bits per heavy atom. The minimum Gasteiger partial charge on any atom is -0.444 e. The van der Waals surface area contributed by atoms with E-state index in [-0.39, 0.29) is 11.8 Å². The van der Waals surface area contributed by atoms with Crippen LogP contribution in [-0.2, 0) is 11.2 Å². The summed E-state index contributed by atoms with van der Waals surface area (Å²) in [4.78, 5) is 25.5. The van der Waals surface area contributed by atoms with E-state index in [2.05, 4.69) is 10.2 Å². The summed E-state index contributed by atoms with van der Waals surface area (Å²) >= 11 is 0. The topological polar surface area (TPSA) is 80.2 Å². The Hall–Kier alpha value is -1.79. The first-order chi connectivity index (χ1) is 10.3. The Kier molecular flexibility index (Phi) is 3.74. The van der Waals surface area contributed by atoms with Gasteiger partial charge in [-0.05, 0) is 40.0 Å². The Balaban J connectivity index is 1.54. The van der Waals surface area contributed by atoms with E-state index < -0.39 is 5.60 Å². The number of aromatic amines is 1. The molecule has 22 heavy (non-hydrogen) atoms. The van der Waals surface area contributed by atoms with Crippen molar-refractivity contribution < 1.29 is 9.53 Å². The second-order valence-corrected chi connectivity index (χ2v) is 7.36. The van der Waals surface area contributed by atoms with Crippen molar-refractivity contribution >= 4 is 6.09 Å². The average molecular weight is 308 g/mol. The standard InChI is InChI=1S/C15H24N4O3/c1-15(2,3)22-14(21)18-8-10(9-18)7-12-16-17-13(20)19(12)11-5-4-6-11/h10-11H,4-9H2,1-3H3,(H,17,20). The summed E-state index contributed by atoms with van der Waals surface area (Å²) in [6.45, 7) is 6.93. The van der Waals surface area contributed by atoms with Crippen LogP contribution in [0.5, 0.6) is 0 Å². The van der Waals surface area contributed by atoms with Gasteiger partial charge in [-0.15, -0.1) is 0 Å². The van der Waals surface area contributed by atoms with Crippen LogP contribution in [0.2, 0.25) is 0 Å². The Morgan fingerprint density at radius 1 is 1.36 bits per heavy atom. The maximum atomic E-state index is 11.9. The lowest BCUT2D eigenvalue weighted by atomic mass is 9.91. The van der Waals surface area contributed by atoms with Crippen molar-refractivity contribution in [3.05, 3.63) is 16.3 Å². The van der Waals surface area contributed by atoms with Crippen LogP contribution in [0.15, 0.2) is 4.79 Å².